The monoisotopic (exact) mass is 374 g/mol. The third-order valence-electron chi connectivity index (χ3n) is 4.45. The zero-order valence-electron chi connectivity index (χ0n) is 14.6. The van der Waals surface area contributed by atoms with Crippen molar-refractivity contribution < 1.29 is 22.7 Å². The van der Waals surface area contributed by atoms with Gasteiger partial charge in [0.25, 0.3) is 0 Å². The van der Waals surface area contributed by atoms with Crippen LogP contribution in [0, 0.1) is 11.7 Å². The number of ether oxygens (including phenoxy) is 1. The Kier molecular flexibility index (Phi) is 7.61. The molecule has 25 heavy (non-hydrogen) atoms. The summed E-state index contributed by atoms with van der Waals surface area (Å²) in [5, 5.41) is 9.04. The second-order valence-electron chi connectivity index (χ2n) is 6.41. The first kappa shape index (κ1) is 20.1. The molecule has 1 atom stereocenters. The molecule has 0 spiro atoms. The number of para-hydroxylation sites is 1. The summed E-state index contributed by atoms with van der Waals surface area (Å²) in [4.78, 5) is 2.16. The number of benzene rings is 1. The second-order valence-corrected chi connectivity index (χ2v) is 8.60. The van der Waals surface area contributed by atoms with Crippen LogP contribution in [-0.4, -0.2) is 74.9 Å². The molecule has 6 nitrogen and oxygen atoms in total. The molecular weight excluding hydrogens is 347 g/mol. The van der Waals surface area contributed by atoms with Gasteiger partial charge in [0.1, 0.15) is 6.61 Å². The predicted octanol–water partition coefficient (Wildman–Crippen LogP) is 1.17. The smallest absolute Gasteiger partial charge is 0.217 e. The Labute approximate surface area is 149 Å². The molecule has 1 unspecified atom stereocenters. The molecule has 0 bridgehead atoms. The van der Waals surface area contributed by atoms with Gasteiger partial charge >= 0.3 is 0 Å². The zero-order chi connectivity index (χ0) is 18.3. The van der Waals surface area contributed by atoms with Gasteiger partial charge in [0.15, 0.2) is 11.6 Å². The van der Waals surface area contributed by atoms with Gasteiger partial charge in [-0.05, 0) is 37.4 Å². The quantitative estimate of drug-likeness (QED) is 0.703. The summed E-state index contributed by atoms with van der Waals surface area (Å²) in [6.07, 6.45) is 1.99. The number of hydrogen-bond acceptors (Lipinski definition) is 5. The Morgan fingerprint density at radius 3 is 2.88 bits per heavy atom. The summed E-state index contributed by atoms with van der Waals surface area (Å²) < 4.78 is 44.9. The number of aliphatic hydroxyl groups excluding tert-OH is 1. The molecule has 1 aliphatic heterocycles. The molecule has 0 aliphatic carbocycles. The second kappa shape index (κ2) is 9.47. The third-order valence-corrected chi connectivity index (χ3v) is 6.23. The van der Waals surface area contributed by atoms with Crippen LogP contribution in [-0.2, 0) is 10.0 Å². The highest BCUT2D eigenvalue weighted by atomic mass is 32.2. The van der Waals surface area contributed by atoms with E-state index in [2.05, 4.69) is 4.90 Å². The molecule has 142 valence electrons. The summed E-state index contributed by atoms with van der Waals surface area (Å²) in [6, 6.07) is 5.94. The summed E-state index contributed by atoms with van der Waals surface area (Å²) in [6.45, 7) is 2.85. The number of aliphatic hydroxyl groups is 1. The normalized spacial score (nSPS) is 19.3. The van der Waals surface area contributed by atoms with Crippen molar-refractivity contribution in [3.05, 3.63) is 30.1 Å². The minimum atomic E-state index is -3.45. The highest BCUT2D eigenvalue weighted by Gasteiger charge is 2.25. The third kappa shape index (κ3) is 6.22. The van der Waals surface area contributed by atoms with Crippen LogP contribution in [0.2, 0.25) is 0 Å². The number of piperidine rings is 1. The van der Waals surface area contributed by atoms with Gasteiger partial charge in [-0.3, -0.25) is 0 Å². The lowest BCUT2D eigenvalue weighted by molar-refractivity contribution is 0.132. The lowest BCUT2D eigenvalue weighted by Gasteiger charge is -2.34. The molecule has 0 amide bonds. The highest BCUT2D eigenvalue weighted by Crippen LogP contribution is 2.19. The van der Waals surface area contributed by atoms with Gasteiger partial charge < -0.3 is 14.7 Å². The summed E-state index contributed by atoms with van der Waals surface area (Å²) in [7, 11) is -1.88. The molecule has 8 heteroatoms. The number of sulfonamides is 1. The topological polar surface area (TPSA) is 70.1 Å². The first-order valence-electron chi connectivity index (χ1n) is 8.57. The van der Waals surface area contributed by atoms with Gasteiger partial charge in [-0.1, -0.05) is 12.1 Å². The molecule has 1 fully saturated rings. The maximum atomic E-state index is 13.5. The molecule has 1 heterocycles. The molecule has 1 aromatic rings. The van der Waals surface area contributed by atoms with Crippen molar-refractivity contribution in [2.45, 2.75) is 12.8 Å². The van der Waals surface area contributed by atoms with E-state index >= 15 is 0 Å². The maximum Gasteiger partial charge on any atom is 0.217 e. The van der Waals surface area contributed by atoms with Crippen LogP contribution in [0.3, 0.4) is 0 Å². The molecule has 1 aromatic carbocycles. The molecule has 1 saturated heterocycles. The fourth-order valence-electron chi connectivity index (χ4n) is 3.10. The highest BCUT2D eigenvalue weighted by molar-refractivity contribution is 7.89. The van der Waals surface area contributed by atoms with E-state index in [1.165, 1.54) is 16.4 Å². The molecule has 1 aliphatic rings. The van der Waals surface area contributed by atoms with Crippen molar-refractivity contribution >= 4 is 10.0 Å². The van der Waals surface area contributed by atoms with E-state index in [-0.39, 0.29) is 30.6 Å². The SMILES string of the molecule is CN(CC1CCCN(CCO)C1)S(=O)(=O)CCOc1ccccc1F. The number of β-amino-alcohol motifs (C(OH)–C–C–N with tert-alkyl or cyclic N) is 1. The van der Waals surface area contributed by atoms with Crippen LogP contribution in [0.15, 0.2) is 24.3 Å². The van der Waals surface area contributed by atoms with Gasteiger partial charge in [-0.25, -0.2) is 17.1 Å². The Morgan fingerprint density at radius 2 is 2.16 bits per heavy atom. The van der Waals surface area contributed by atoms with Gasteiger partial charge in [-0.15, -0.1) is 0 Å². The minimum Gasteiger partial charge on any atom is -0.489 e. The Morgan fingerprint density at radius 1 is 1.40 bits per heavy atom. The Bertz CT molecular complexity index is 639. The first-order chi connectivity index (χ1) is 11.9. The minimum absolute atomic E-state index is 0.0623. The number of halogens is 1. The van der Waals surface area contributed by atoms with Crippen LogP contribution >= 0.6 is 0 Å². The van der Waals surface area contributed by atoms with E-state index in [9.17, 15) is 12.8 Å². The van der Waals surface area contributed by atoms with Crippen LogP contribution < -0.4 is 4.74 Å². The summed E-state index contributed by atoms with van der Waals surface area (Å²) >= 11 is 0. The van der Waals surface area contributed by atoms with Crippen molar-refractivity contribution in [1.82, 2.24) is 9.21 Å². The average Bonchev–Trinajstić information content (AvgIpc) is 2.57. The van der Waals surface area contributed by atoms with Crippen molar-refractivity contribution in [2.24, 2.45) is 5.92 Å². The number of likely N-dealkylation sites (tertiary alicyclic amines) is 1. The first-order valence-corrected chi connectivity index (χ1v) is 10.2. The van der Waals surface area contributed by atoms with E-state index in [0.29, 0.717) is 13.1 Å². The number of nitrogens with zero attached hydrogens (tertiary/aromatic N) is 2. The van der Waals surface area contributed by atoms with Crippen molar-refractivity contribution in [2.75, 3.05) is 52.2 Å². The van der Waals surface area contributed by atoms with E-state index in [1.807, 2.05) is 0 Å². The standard InChI is InChI=1S/C17H27FN2O4S/c1-19(13-15-5-4-8-20(14-15)9-10-21)25(22,23)12-11-24-17-7-3-2-6-16(17)18/h2-3,6-7,15,21H,4-5,8-14H2,1H3. The van der Waals surface area contributed by atoms with Crippen LogP contribution in [0.25, 0.3) is 0 Å². The fraction of sp³-hybridized carbons (Fsp3) is 0.647. The van der Waals surface area contributed by atoms with Crippen LogP contribution in [0.5, 0.6) is 5.75 Å². The van der Waals surface area contributed by atoms with E-state index in [1.54, 1.807) is 19.2 Å². The molecule has 2 rings (SSSR count). The van der Waals surface area contributed by atoms with Gasteiger partial charge in [0.05, 0.1) is 12.4 Å². The van der Waals surface area contributed by atoms with Crippen LogP contribution in [0.1, 0.15) is 12.8 Å². The number of rotatable bonds is 9. The maximum absolute atomic E-state index is 13.5. The molecule has 1 N–H and O–H groups in total. The van der Waals surface area contributed by atoms with Gasteiger partial charge in [0, 0.05) is 26.7 Å². The largest absolute Gasteiger partial charge is 0.489 e. The van der Waals surface area contributed by atoms with Crippen molar-refractivity contribution in [1.29, 1.82) is 0 Å². The number of hydrogen-bond donors (Lipinski definition) is 1. The lowest BCUT2D eigenvalue weighted by Crippen LogP contribution is -2.43. The molecular formula is C17H27FN2O4S. The summed E-state index contributed by atoms with van der Waals surface area (Å²) in [5.74, 6) is -0.371. The van der Waals surface area contributed by atoms with Gasteiger partial charge in [0.2, 0.25) is 10.0 Å². The Hall–Kier alpha value is -1.22. The Balaban J connectivity index is 1.81. The zero-order valence-corrected chi connectivity index (χ0v) is 15.4. The molecule has 0 aromatic heterocycles. The predicted molar refractivity (Wildman–Crippen MR) is 94.6 cm³/mol. The molecule has 0 radical (unpaired) electrons. The lowest BCUT2D eigenvalue weighted by atomic mass is 9.98. The van der Waals surface area contributed by atoms with Gasteiger partial charge in [-0.2, -0.15) is 0 Å². The van der Waals surface area contributed by atoms with Crippen LogP contribution in [0.4, 0.5) is 4.39 Å². The van der Waals surface area contributed by atoms with E-state index in [0.717, 1.165) is 25.9 Å². The van der Waals surface area contributed by atoms with E-state index in [4.69, 9.17) is 9.84 Å². The fourth-order valence-corrected chi connectivity index (χ4v) is 4.14. The van der Waals surface area contributed by atoms with Crippen molar-refractivity contribution in [3.8, 4) is 5.75 Å². The van der Waals surface area contributed by atoms with Crippen molar-refractivity contribution in [3.63, 3.8) is 0 Å². The molecule has 0 saturated carbocycles. The van der Waals surface area contributed by atoms with E-state index < -0.39 is 15.8 Å². The average molecular weight is 374 g/mol. The summed E-state index contributed by atoms with van der Waals surface area (Å²) in [5.41, 5.74) is 0.